The van der Waals surface area contributed by atoms with E-state index in [1.54, 1.807) is 0 Å². The van der Waals surface area contributed by atoms with Crippen LogP contribution in [0.3, 0.4) is 0 Å². The first-order valence-corrected chi connectivity index (χ1v) is 11.8. The molecule has 3 aromatic carbocycles. The van der Waals surface area contributed by atoms with Crippen LogP contribution in [0.15, 0.2) is 84.9 Å². The van der Waals surface area contributed by atoms with Crippen molar-refractivity contribution in [2.75, 3.05) is 27.2 Å². The molecule has 3 N–H and O–H groups in total. The van der Waals surface area contributed by atoms with Gasteiger partial charge in [-0.15, -0.1) is 0 Å². The first-order valence-electron chi connectivity index (χ1n) is 11.8. The number of alkyl carbamates (subject to hydrolysis) is 1. The van der Waals surface area contributed by atoms with Crippen molar-refractivity contribution in [3.63, 3.8) is 0 Å². The SMILES string of the molecule is C[NH+](C)CCOc1ccc(CC(NC(=O)OCc2ccccc2)C(=O)NCc2ccccc2)cc1.[Cl-]. The number of ether oxygens (including phenoxy) is 2. The van der Waals surface area contributed by atoms with Crippen molar-refractivity contribution in [2.24, 2.45) is 0 Å². The van der Waals surface area contributed by atoms with Gasteiger partial charge in [0.1, 0.15) is 31.5 Å². The predicted molar refractivity (Wildman–Crippen MR) is 135 cm³/mol. The Morgan fingerprint density at radius 2 is 1.44 bits per heavy atom. The van der Waals surface area contributed by atoms with Gasteiger partial charge in [-0.05, 0) is 28.8 Å². The molecule has 2 amide bonds. The minimum atomic E-state index is -0.786. The van der Waals surface area contributed by atoms with Gasteiger partial charge in [0, 0.05) is 13.0 Å². The first kappa shape index (κ1) is 28.7. The predicted octanol–water partition coefficient (Wildman–Crippen LogP) is -0.632. The third kappa shape index (κ3) is 10.4. The van der Waals surface area contributed by atoms with Crippen LogP contribution in [0.5, 0.6) is 5.75 Å². The van der Waals surface area contributed by atoms with E-state index in [0.29, 0.717) is 19.6 Å². The Kier molecular flexibility index (Phi) is 12.3. The molecule has 1 atom stereocenters. The summed E-state index contributed by atoms with van der Waals surface area (Å²) >= 11 is 0. The van der Waals surface area contributed by atoms with Crippen LogP contribution >= 0.6 is 0 Å². The molecule has 0 saturated carbocycles. The largest absolute Gasteiger partial charge is 1.00 e. The summed E-state index contributed by atoms with van der Waals surface area (Å²) < 4.78 is 11.1. The lowest BCUT2D eigenvalue weighted by Gasteiger charge is -2.19. The minimum Gasteiger partial charge on any atom is -1.00 e. The van der Waals surface area contributed by atoms with Crippen molar-refractivity contribution in [3.8, 4) is 5.75 Å². The quantitative estimate of drug-likeness (QED) is 0.302. The van der Waals surface area contributed by atoms with Crippen molar-refractivity contribution < 1.29 is 36.4 Å². The zero-order chi connectivity index (χ0) is 24.9. The highest BCUT2D eigenvalue weighted by atomic mass is 35.5. The number of quaternary nitrogens is 1. The molecule has 0 aliphatic rings. The Balaban J connectivity index is 0.00000456. The van der Waals surface area contributed by atoms with Crippen molar-refractivity contribution in [3.05, 3.63) is 102 Å². The van der Waals surface area contributed by atoms with E-state index < -0.39 is 12.1 Å². The molecule has 0 bridgehead atoms. The zero-order valence-corrected chi connectivity index (χ0v) is 21.5. The second-order valence-corrected chi connectivity index (χ2v) is 8.62. The Hall–Kier alpha value is -3.55. The Morgan fingerprint density at radius 3 is 2.06 bits per heavy atom. The smallest absolute Gasteiger partial charge is 0.408 e. The molecule has 0 fully saturated rings. The molecule has 0 saturated heterocycles. The molecule has 0 aliphatic carbocycles. The van der Waals surface area contributed by atoms with Gasteiger partial charge in [0.2, 0.25) is 5.91 Å². The molecule has 1 unspecified atom stereocenters. The highest BCUT2D eigenvalue weighted by Crippen LogP contribution is 2.14. The van der Waals surface area contributed by atoms with Gasteiger partial charge in [0.05, 0.1) is 14.1 Å². The summed E-state index contributed by atoms with van der Waals surface area (Å²) in [7, 11) is 4.15. The average Bonchev–Trinajstić information content (AvgIpc) is 2.87. The molecule has 0 aromatic heterocycles. The number of rotatable bonds is 12. The van der Waals surface area contributed by atoms with Gasteiger partial charge in [-0.3, -0.25) is 4.79 Å². The highest BCUT2D eigenvalue weighted by molar-refractivity contribution is 5.85. The maximum atomic E-state index is 13.0. The van der Waals surface area contributed by atoms with Gasteiger partial charge >= 0.3 is 6.09 Å². The molecule has 8 heteroatoms. The molecule has 0 heterocycles. The van der Waals surface area contributed by atoms with E-state index in [9.17, 15) is 9.59 Å². The number of amides is 2. The van der Waals surface area contributed by atoms with Crippen LogP contribution in [0.25, 0.3) is 0 Å². The van der Waals surface area contributed by atoms with E-state index in [1.807, 2.05) is 84.9 Å². The van der Waals surface area contributed by atoms with Gasteiger partial charge in [0.25, 0.3) is 0 Å². The normalized spacial score (nSPS) is 11.2. The summed E-state index contributed by atoms with van der Waals surface area (Å²) in [5.74, 6) is 0.495. The van der Waals surface area contributed by atoms with Crippen LogP contribution in [0.2, 0.25) is 0 Å². The summed E-state index contributed by atoms with van der Waals surface area (Å²) in [5, 5.41) is 5.64. The topological polar surface area (TPSA) is 81.1 Å². The number of benzene rings is 3. The zero-order valence-electron chi connectivity index (χ0n) is 20.7. The van der Waals surface area contributed by atoms with Crippen molar-refractivity contribution in [1.29, 1.82) is 0 Å². The van der Waals surface area contributed by atoms with Crippen LogP contribution < -0.4 is 32.7 Å². The third-order valence-electron chi connectivity index (χ3n) is 5.36. The Morgan fingerprint density at radius 1 is 0.833 bits per heavy atom. The molecule has 7 nitrogen and oxygen atoms in total. The van der Waals surface area contributed by atoms with Crippen molar-refractivity contribution >= 4 is 12.0 Å². The van der Waals surface area contributed by atoms with Gasteiger partial charge in [-0.2, -0.15) is 0 Å². The summed E-state index contributed by atoms with van der Waals surface area (Å²) in [5.41, 5.74) is 2.75. The van der Waals surface area contributed by atoms with E-state index in [4.69, 9.17) is 9.47 Å². The monoisotopic (exact) mass is 511 g/mol. The fourth-order valence-corrected chi connectivity index (χ4v) is 3.36. The van der Waals surface area contributed by atoms with E-state index in [1.165, 1.54) is 4.90 Å². The lowest BCUT2D eigenvalue weighted by molar-refractivity contribution is -0.858. The number of hydrogen-bond acceptors (Lipinski definition) is 4. The second kappa shape index (κ2) is 15.4. The van der Waals surface area contributed by atoms with Crippen LogP contribution in [0, 0.1) is 0 Å². The molecular weight excluding hydrogens is 478 g/mol. The summed E-state index contributed by atoms with van der Waals surface area (Å²) in [6.07, 6.45) is -0.316. The van der Waals surface area contributed by atoms with Gasteiger partial charge in [-0.25, -0.2) is 4.79 Å². The fraction of sp³-hybridized carbons (Fsp3) is 0.286. The Bertz CT molecular complexity index is 1050. The Labute approximate surface area is 219 Å². The molecule has 0 aliphatic heterocycles. The molecule has 3 aromatic rings. The third-order valence-corrected chi connectivity index (χ3v) is 5.36. The number of likely N-dealkylation sites (N-methyl/N-ethyl adjacent to an activating group) is 1. The summed E-state index contributed by atoms with van der Waals surface area (Å²) in [4.78, 5) is 26.8. The summed E-state index contributed by atoms with van der Waals surface area (Å²) in [6, 6.07) is 25.8. The molecular formula is C28H34ClN3O4. The van der Waals surface area contributed by atoms with E-state index in [0.717, 1.165) is 29.0 Å². The fourth-order valence-electron chi connectivity index (χ4n) is 3.36. The minimum absolute atomic E-state index is 0. The lowest BCUT2D eigenvalue weighted by atomic mass is 10.0. The van der Waals surface area contributed by atoms with Crippen LogP contribution in [0.1, 0.15) is 16.7 Å². The van der Waals surface area contributed by atoms with Gasteiger partial charge in [0.15, 0.2) is 0 Å². The van der Waals surface area contributed by atoms with Gasteiger partial charge < -0.3 is 37.4 Å². The molecule has 36 heavy (non-hydrogen) atoms. The first-order chi connectivity index (χ1) is 17.0. The van der Waals surface area contributed by atoms with Crippen LogP contribution in [0.4, 0.5) is 4.79 Å². The molecule has 192 valence electrons. The lowest BCUT2D eigenvalue weighted by Crippen LogP contribution is -3.06. The maximum Gasteiger partial charge on any atom is 0.408 e. The highest BCUT2D eigenvalue weighted by Gasteiger charge is 2.22. The number of halogens is 1. The van der Waals surface area contributed by atoms with E-state index in [-0.39, 0.29) is 24.9 Å². The van der Waals surface area contributed by atoms with Gasteiger partial charge in [-0.1, -0.05) is 72.8 Å². The average molecular weight is 512 g/mol. The van der Waals surface area contributed by atoms with Crippen molar-refractivity contribution in [2.45, 2.75) is 25.6 Å². The number of carbonyl (C=O) groups is 2. The summed E-state index contributed by atoms with van der Waals surface area (Å²) in [6.45, 7) is 2.03. The van der Waals surface area contributed by atoms with Crippen LogP contribution in [-0.4, -0.2) is 45.3 Å². The second-order valence-electron chi connectivity index (χ2n) is 8.62. The van der Waals surface area contributed by atoms with Crippen LogP contribution in [-0.2, 0) is 29.1 Å². The number of nitrogens with one attached hydrogen (secondary N) is 3. The molecule has 3 rings (SSSR count). The number of hydrogen-bond donors (Lipinski definition) is 3. The standard InChI is InChI=1S/C28H33N3O4.ClH/c1-31(2)17-18-34-25-15-13-22(14-16-25)19-26(27(32)29-20-23-9-5-3-6-10-23)30-28(33)35-21-24-11-7-4-8-12-24;/h3-16,26H,17-21H2,1-2H3,(H,29,32)(H,30,33);1H. The molecule has 0 spiro atoms. The number of carbonyl (C=O) groups excluding carboxylic acids is 2. The molecule has 0 radical (unpaired) electrons. The van der Waals surface area contributed by atoms with E-state index in [2.05, 4.69) is 24.7 Å². The van der Waals surface area contributed by atoms with E-state index >= 15 is 0 Å². The van der Waals surface area contributed by atoms with Crippen molar-refractivity contribution in [1.82, 2.24) is 10.6 Å². The maximum absolute atomic E-state index is 13.0.